The van der Waals surface area contributed by atoms with Gasteiger partial charge in [0.25, 0.3) is 0 Å². The second kappa shape index (κ2) is 6.59. The largest absolute Gasteiger partial charge is 0.292 e. The van der Waals surface area contributed by atoms with Crippen LogP contribution in [0.1, 0.15) is 51.4 Å². The van der Waals surface area contributed by atoms with E-state index in [1.807, 2.05) is 6.92 Å². The molecule has 1 aromatic heterocycles. The normalized spacial score (nSPS) is 19.1. The van der Waals surface area contributed by atoms with Gasteiger partial charge in [-0.2, -0.15) is 4.68 Å². The maximum atomic E-state index is 14.2. The molecule has 0 spiro atoms. The molecule has 0 N–H and O–H groups in total. The van der Waals surface area contributed by atoms with Crippen molar-refractivity contribution in [3.05, 3.63) is 35.4 Å². The van der Waals surface area contributed by atoms with E-state index in [0.717, 1.165) is 18.5 Å². The van der Waals surface area contributed by atoms with Gasteiger partial charge >= 0.3 is 0 Å². The second-order valence-electron chi connectivity index (χ2n) is 7.43. The highest BCUT2D eigenvalue weighted by Gasteiger charge is 2.36. The predicted molar refractivity (Wildman–Crippen MR) is 91.4 cm³/mol. The smallest absolute Gasteiger partial charge is 0.170 e. The molecular weight excluding hydrogens is 305 g/mol. The molecule has 0 aliphatic carbocycles. The van der Waals surface area contributed by atoms with Crippen molar-refractivity contribution in [3.63, 3.8) is 0 Å². The Kier molecular flexibility index (Phi) is 4.67. The Morgan fingerprint density at radius 1 is 1.33 bits per heavy atom. The van der Waals surface area contributed by atoms with Gasteiger partial charge in [-0.15, -0.1) is 5.10 Å². The van der Waals surface area contributed by atoms with Gasteiger partial charge < -0.3 is 0 Å². The molecular formula is C18H26FN5. The molecule has 24 heavy (non-hydrogen) atoms. The van der Waals surface area contributed by atoms with Gasteiger partial charge in [-0.05, 0) is 66.3 Å². The zero-order valence-corrected chi connectivity index (χ0v) is 15.0. The van der Waals surface area contributed by atoms with Gasteiger partial charge in [-0.3, -0.25) is 4.90 Å². The molecule has 0 amide bonds. The number of aromatic nitrogens is 4. The maximum Gasteiger partial charge on any atom is 0.170 e. The van der Waals surface area contributed by atoms with Crippen molar-refractivity contribution in [3.8, 4) is 5.69 Å². The van der Waals surface area contributed by atoms with E-state index in [0.29, 0.717) is 24.1 Å². The van der Waals surface area contributed by atoms with Crippen LogP contribution in [0.3, 0.4) is 0 Å². The van der Waals surface area contributed by atoms with Crippen molar-refractivity contribution >= 4 is 0 Å². The maximum absolute atomic E-state index is 14.2. The van der Waals surface area contributed by atoms with Gasteiger partial charge in [0.2, 0.25) is 0 Å². The highest BCUT2D eigenvalue weighted by atomic mass is 19.1. The summed E-state index contributed by atoms with van der Waals surface area (Å²) in [5, 5.41) is 12.0. The molecule has 1 saturated heterocycles. The molecule has 2 heterocycles. The van der Waals surface area contributed by atoms with Crippen LogP contribution >= 0.6 is 0 Å². The van der Waals surface area contributed by atoms with E-state index < -0.39 is 0 Å². The highest BCUT2D eigenvalue weighted by Crippen LogP contribution is 2.36. The first-order valence-electron chi connectivity index (χ1n) is 8.70. The van der Waals surface area contributed by atoms with Crippen LogP contribution in [0.4, 0.5) is 4.39 Å². The third-order valence-corrected chi connectivity index (χ3v) is 5.39. The summed E-state index contributed by atoms with van der Waals surface area (Å²) >= 11 is 0. The number of rotatable bonds is 5. The van der Waals surface area contributed by atoms with Crippen LogP contribution in [0.5, 0.6) is 0 Å². The summed E-state index contributed by atoms with van der Waals surface area (Å²) < 4.78 is 15.8. The van der Waals surface area contributed by atoms with E-state index >= 15 is 0 Å². The van der Waals surface area contributed by atoms with Crippen LogP contribution < -0.4 is 0 Å². The van der Waals surface area contributed by atoms with Crippen LogP contribution in [-0.2, 0) is 6.54 Å². The van der Waals surface area contributed by atoms with Crippen molar-refractivity contribution in [1.29, 1.82) is 0 Å². The monoisotopic (exact) mass is 331 g/mol. The minimum Gasteiger partial charge on any atom is -0.292 e. The standard InChI is InChI=1S/C18H26FN5/c1-5-18(3,4)16-7-6-10-23(16)12-17-20-21-22-24(17)15-11-13(2)8-9-14(15)19/h8-9,11,16H,5-7,10,12H2,1-4H3/t16-/m0/s1. The molecule has 0 unspecified atom stereocenters. The fraction of sp³-hybridized carbons (Fsp3) is 0.611. The van der Waals surface area contributed by atoms with Crippen LogP contribution in [0, 0.1) is 18.2 Å². The van der Waals surface area contributed by atoms with E-state index in [1.165, 1.54) is 23.6 Å². The summed E-state index contributed by atoms with van der Waals surface area (Å²) in [5.74, 6) is 0.388. The predicted octanol–water partition coefficient (Wildman–Crippen LogP) is 3.51. The minimum absolute atomic E-state index is 0.253. The van der Waals surface area contributed by atoms with Gasteiger partial charge in [0, 0.05) is 6.04 Å². The van der Waals surface area contributed by atoms with E-state index in [4.69, 9.17) is 0 Å². The lowest BCUT2D eigenvalue weighted by Gasteiger charge is -2.37. The lowest BCUT2D eigenvalue weighted by molar-refractivity contribution is 0.112. The summed E-state index contributed by atoms with van der Waals surface area (Å²) in [6.07, 6.45) is 3.52. The molecule has 0 radical (unpaired) electrons. The van der Waals surface area contributed by atoms with Gasteiger partial charge in [-0.25, -0.2) is 4.39 Å². The van der Waals surface area contributed by atoms with Crippen molar-refractivity contribution in [2.75, 3.05) is 6.54 Å². The molecule has 1 atom stereocenters. The molecule has 1 aromatic carbocycles. The van der Waals surface area contributed by atoms with Crippen molar-refractivity contribution in [1.82, 2.24) is 25.1 Å². The Morgan fingerprint density at radius 3 is 2.88 bits per heavy atom. The molecule has 1 fully saturated rings. The van der Waals surface area contributed by atoms with Crippen LogP contribution in [0.25, 0.3) is 5.69 Å². The van der Waals surface area contributed by atoms with Crippen LogP contribution in [0.2, 0.25) is 0 Å². The second-order valence-corrected chi connectivity index (χ2v) is 7.43. The number of hydrogen-bond acceptors (Lipinski definition) is 4. The zero-order valence-electron chi connectivity index (χ0n) is 15.0. The van der Waals surface area contributed by atoms with Crippen LogP contribution in [-0.4, -0.2) is 37.7 Å². The van der Waals surface area contributed by atoms with Gasteiger partial charge in [-0.1, -0.05) is 26.8 Å². The zero-order chi connectivity index (χ0) is 17.3. The first-order valence-corrected chi connectivity index (χ1v) is 8.70. The number of halogens is 1. The van der Waals surface area contributed by atoms with Crippen molar-refractivity contribution < 1.29 is 4.39 Å². The molecule has 0 saturated carbocycles. The fourth-order valence-corrected chi connectivity index (χ4v) is 3.59. The molecule has 2 aromatic rings. The van der Waals surface area contributed by atoms with Gasteiger partial charge in [0.05, 0.1) is 6.54 Å². The number of aryl methyl sites for hydroxylation is 1. The number of hydrogen-bond donors (Lipinski definition) is 0. The van der Waals surface area contributed by atoms with E-state index in [2.05, 4.69) is 41.2 Å². The van der Waals surface area contributed by atoms with Crippen molar-refractivity contribution in [2.45, 2.75) is 59.5 Å². The average Bonchev–Trinajstić information content (AvgIpc) is 3.20. The summed E-state index contributed by atoms with van der Waals surface area (Å²) in [5.41, 5.74) is 1.66. The quantitative estimate of drug-likeness (QED) is 0.841. The molecule has 130 valence electrons. The fourth-order valence-electron chi connectivity index (χ4n) is 3.59. The lowest BCUT2D eigenvalue weighted by Crippen LogP contribution is -2.40. The topological polar surface area (TPSA) is 46.8 Å². The molecule has 5 nitrogen and oxygen atoms in total. The summed E-state index contributed by atoms with van der Waals surface area (Å²) in [7, 11) is 0. The number of nitrogens with zero attached hydrogens (tertiary/aromatic N) is 5. The average molecular weight is 331 g/mol. The Balaban J connectivity index is 1.87. The van der Waals surface area contributed by atoms with Gasteiger partial charge in [0.15, 0.2) is 5.82 Å². The number of tetrazole rings is 1. The minimum atomic E-state index is -0.305. The first-order chi connectivity index (χ1) is 11.4. The Bertz CT molecular complexity index is 709. The molecule has 3 rings (SSSR count). The third kappa shape index (κ3) is 3.20. The highest BCUT2D eigenvalue weighted by molar-refractivity contribution is 5.36. The lowest BCUT2D eigenvalue weighted by atomic mass is 9.80. The molecule has 1 aliphatic rings. The van der Waals surface area contributed by atoms with Crippen molar-refractivity contribution in [2.24, 2.45) is 5.41 Å². The summed E-state index contributed by atoms with van der Waals surface area (Å²) in [6, 6.07) is 5.51. The van der Waals surface area contributed by atoms with E-state index in [1.54, 1.807) is 12.1 Å². The SMILES string of the molecule is CCC(C)(C)[C@@H]1CCCN1Cc1nnnn1-c1cc(C)ccc1F. The number of benzene rings is 1. The Labute approximate surface area is 142 Å². The Hall–Kier alpha value is -1.82. The van der Waals surface area contributed by atoms with Crippen LogP contribution in [0.15, 0.2) is 18.2 Å². The third-order valence-electron chi connectivity index (χ3n) is 5.39. The van der Waals surface area contributed by atoms with E-state index in [9.17, 15) is 4.39 Å². The Morgan fingerprint density at radius 2 is 2.12 bits per heavy atom. The molecule has 1 aliphatic heterocycles. The summed E-state index contributed by atoms with van der Waals surface area (Å²) in [4.78, 5) is 2.44. The molecule has 0 bridgehead atoms. The van der Waals surface area contributed by atoms with E-state index in [-0.39, 0.29) is 11.2 Å². The van der Waals surface area contributed by atoms with Gasteiger partial charge in [0.1, 0.15) is 11.5 Å². The molecule has 6 heteroatoms. The summed E-state index contributed by atoms with van der Waals surface area (Å²) in [6.45, 7) is 10.5. The number of likely N-dealkylation sites (tertiary alicyclic amines) is 1. The first kappa shape index (κ1) is 17.0.